The molecule has 0 atom stereocenters. The van der Waals surface area contributed by atoms with Crippen molar-refractivity contribution in [3.63, 3.8) is 0 Å². The van der Waals surface area contributed by atoms with Gasteiger partial charge in [-0.3, -0.25) is 0 Å². The second kappa shape index (κ2) is 5.09. The maximum Gasteiger partial charge on any atom is 0.330 e. The summed E-state index contributed by atoms with van der Waals surface area (Å²) >= 11 is 0. The Labute approximate surface area is 152 Å². The molecule has 2 nitrogen and oxygen atoms in total. The number of anilines is 2. The van der Waals surface area contributed by atoms with E-state index in [0.29, 0.717) is 0 Å². The van der Waals surface area contributed by atoms with Gasteiger partial charge in [-0.05, 0) is 40.3 Å². The highest BCUT2D eigenvalue weighted by atomic mass is 15.2. The number of hydrogen-bond acceptors (Lipinski definition) is 2. The van der Waals surface area contributed by atoms with E-state index in [1.165, 1.54) is 38.9 Å². The summed E-state index contributed by atoms with van der Waals surface area (Å²) in [7, 11) is 0. The average Bonchev–Trinajstić information content (AvgIpc) is 2.73. The highest BCUT2D eigenvalue weighted by molar-refractivity contribution is 6.92. The Balaban J connectivity index is 1.77. The lowest BCUT2D eigenvalue weighted by atomic mass is 9.43. The molecule has 0 amide bonds. The van der Waals surface area contributed by atoms with Crippen LogP contribution < -0.4 is 15.7 Å². The molecule has 0 bridgehead atoms. The van der Waals surface area contributed by atoms with Crippen molar-refractivity contribution in [1.29, 1.82) is 0 Å². The van der Waals surface area contributed by atoms with Gasteiger partial charge in [0.1, 0.15) is 5.82 Å². The molecule has 0 fully saturated rings. The SMILES string of the molecule is c1ccc2c(c1)B1c3ccccc3-c3cccnc3N1c1ccccc1-2. The summed E-state index contributed by atoms with van der Waals surface area (Å²) in [6, 6.07) is 30.4. The Morgan fingerprint density at radius 2 is 1.15 bits per heavy atom. The van der Waals surface area contributed by atoms with Crippen LogP contribution in [0, 0.1) is 0 Å². The molecule has 0 N–H and O–H groups in total. The van der Waals surface area contributed by atoms with E-state index >= 15 is 0 Å². The molecule has 2 aliphatic rings. The summed E-state index contributed by atoms with van der Waals surface area (Å²) in [4.78, 5) is 7.21. The topological polar surface area (TPSA) is 16.1 Å². The van der Waals surface area contributed by atoms with Crippen molar-refractivity contribution in [2.75, 3.05) is 4.81 Å². The van der Waals surface area contributed by atoms with Crippen LogP contribution in [0.5, 0.6) is 0 Å². The van der Waals surface area contributed by atoms with Crippen LogP contribution in [0.4, 0.5) is 11.5 Å². The van der Waals surface area contributed by atoms with Gasteiger partial charge in [0.15, 0.2) is 0 Å². The van der Waals surface area contributed by atoms with E-state index in [0.717, 1.165) is 5.82 Å². The lowest BCUT2D eigenvalue weighted by molar-refractivity contribution is 1.22. The molecule has 6 rings (SSSR count). The van der Waals surface area contributed by atoms with Gasteiger partial charge < -0.3 is 4.81 Å². The fourth-order valence-electron chi connectivity index (χ4n) is 4.49. The van der Waals surface area contributed by atoms with Crippen LogP contribution in [0.1, 0.15) is 0 Å². The van der Waals surface area contributed by atoms with Gasteiger partial charge in [-0.2, -0.15) is 0 Å². The molecule has 0 spiro atoms. The van der Waals surface area contributed by atoms with Crippen LogP contribution in [0.3, 0.4) is 0 Å². The van der Waals surface area contributed by atoms with Crippen molar-refractivity contribution in [3.8, 4) is 22.3 Å². The van der Waals surface area contributed by atoms with Crippen LogP contribution in [-0.4, -0.2) is 11.8 Å². The zero-order chi connectivity index (χ0) is 17.1. The number of pyridine rings is 1. The van der Waals surface area contributed by atoms with Gasteiger partial charge in [0.05, 0.1) is 0 Å². The summed E-state index contributed by atoms with van der Waals surface area (Å²) < 4.78 is 0. The van der Waals surface area contributed by atoms with Gasteiger partial charge in [0.25, 0.3) is 0 Å². The molecule has 120 valence electrons. The molecule has 0 radical (unpaired) electrons. The molecule has 0 saturated heterocycles. The average molecular weight is 330 g/mol. The molecule has 0 unspecified atom stereocenters. The van der Waals surface area contributed by atoms with Gasteiger partial charge in [-0.15, -0.1) is 0 Å². The number of benzene rings is 3. The van der Waals surface area contributed by atoms with E-state index in [4.69, 9.17) is 4.98 Å². The first-order chi connectivity index (χ1) is 12.9. The Morgan fingerprint density at radius 1 is 0.577 bits per heavy atom. The van der Waals surface area contributed by atoms with Gasteiger partial charge in [0, 0.05) is 23.0 Å². The van der Waals surface area contributed by atoms with Crippen LogP contribution >= 0.6 is 0 Å². The predicted octanol–water partition coefficient (Wildman–Crippen LogP) is 3.99. The monoisotopic (exact) mass is 330 g/mol. The van der Waals surface area contributed by atoms with Crippen molar-refractivity contribution in [1.82, 2.24) is 4.98 Å². The molecule has 4 aromatic rings. The zero-order valence-corrected chi connectivity index (χ0v) is 14.1. The maximum absolute atomic E-state index is 4.80. The molecule has 0 saturated carbocycles. The van der Waals surface area contributed by atoms with E-state index in [-0.39, 0.29) is 6.85 Å². The Morgan fingerprint density at radius 3 is 1.92 bits per heavy atom. The second-order valence-electron chi connectivity index (χ2n) is 6.84. The number of aromatic nitrogens is 1. The van der Waals surface area contributed by atoms with Crippen molar-refractivity contribution < 1.29 is 0 Å². The molecular weight excluding hydrogens is 315 g/mol. The van der Waals surface area contributed by atoms with Crippen LogP contribution in [0.2, 0.25) is 0 Å². The van der Waals surface area contributed by atoms with E-state index < -0.39 is 0 Å². The number of rotatable bonds is 0. The molecule has 0 aliphatic carbocycles. The molecule has 3 aromatic carbocycles. The molecule has 3 heterocycles. The third kappa shape index (κ3) is 1.70. The number of hydrogen-bond donors (Lipinski definition) is 0. The highest BCUT2D eigenvalue weighted by Gasteiger charge is 2.42. The minimum atomic E-state index is 0.153. The third-order valence-electron chi connectivity index (χ3n) is 5.53. The highest BCUT2D eigenvalue weighted by Crippen LogP contribution is 2.44. The summed E-state index contributed by atoms with van der Waals surface area (Å²) in [6.45, 7) is 0.153. The van der Waals surface area contributed by atoms with E-state index in [9.17, 15) is 0 Å². The molecule has 1 aromatic heterocycles. The Hall–Kier alpha value is -3.33. The van der Waals surface area contributed by atoms with Gasteiger partial charge in [0.2, 0.25) is 0 Å². The Kier molecular flexibility index (Phi) is 2.72. The van der Waals surface area contributed by atoms with Crippen LogP contribution in [-0.2, 0) is 0 Å². The van der Waals surface area contributed by atoms with Crippen molar-refractivity contribution >= 4 is 29.3 Å². The van der Waals surface area contributed by atoms with E-state index in [2.05, 4.69) is 83.7 Å². The molecule has 26 heavy (non-hydrogen) atoms. The fourth-order valence-corrected chi connectivity index (χ4v) is 4.49. The standard InChI is InChI=1S/C23H15BN2/c1-4-12-20-16(8-1)18-10-3-6-14-22(18)26-23-19(11-7-15-25-23)17-9-2-5-13-21(17)24(20)26/h1-15H. The minimum absolute atomic E-state index is 0.153. The van der Waals surface area contributed by atoms with E-state index in [1.54, 1.807) is 0 Å². The quantitative estimate of drug-likeness (QED) is 0.453. The summed E-state index contributed by atoms with van der Waals surface area (Å²) in [6.07, 6.45) is 1.90. The van der Waals surface area contributed by atoms with E-state index in [1.807, 2.05) is 12.3 Å². The lowest BCUT2D eigenvalue weighted by Crippen LogP contribution is -2.59. The molecule has 3 heteroatoms. The van der Waals surface area contributed by atoms with Gasteiger partial charge in [-0.1, -0.05) is 66.7 Å². The van der Waals surface area contributed by atoms with Crippen LogP contribution in [0.15, 0.2) is 91.1 Å². The van der Waals surface area contributed by atoms with Crippen molar-refractivity contribution in [3.05, 3.63) is 91.1 Å². The largest absolute Gasteiger partial charge is 0.361 e. The smallest absolute Gasteiger partial charge is 0.330 e. The first kappa shape index (κ1) is 13.9. The molecule has 2 aliphatic heterocycles. The summed E-state index contributed by atoms with van der Waals surface area (Å²) in [5.74, 6) is 1.04. The summed E-state index contributed by atoms with van der Waals surface area (Å²) in [5.41, 5.74) is 8.99. The fraction of sp³-hybridized carbons (Fsp3) is 0. The number of nitrogens with zero attached hydrogens (tertiary/aromatic N) is 2. The van der Waals surface area contributed by atoms with Crippen molar-refractivity contribution in [2.45, 2.75) is 0 Å². The van der Waals surface area contributed by atoms with Crippen LogP contribution in [0.25, 0.3) is 22.3 Å². The normalized spacial score (nSPS) is 13.2. The maximum atomic E-state index is 4.80. The first-order valence-electron chi connectivity index (χ1n) is 8.95. The Bertz CT molecular complexity index is 984. The second-order valence-corrected chi connectivity index (χ2v) is 6.84. The first-order valence-corrected chi connectivity index (χ1v) is 8.95. The van der Waals surface area contributed by atoms with Gasteiger partial charge >= 0.3 is 6.85 Å². The van der Waals surface area contributed by atoms with Gasteiger partial charge in [-0.25, -0.2) is 4.98 Å². The molecular formula is C23H15BN2. The predicted molar refractivity (Wildman–Crippen MR) is 109 cm³/mol. The number of fused-ring (bicyclic) bond motifs is 11. The van der Waals surface area contributed by atoms with Crippen molar-refractivity contribution in [2.24, 2.45) is 0 Å². The number of para-hydroxylation sites is 1. The third-order valence-corrected chi connectivity index (χ3v) is 5.53. The zero-order valence-electron chi connectivity index (χ0n) is 14.1. The lowest BCUT2D eigenvalue weighted by Gasteiger charge is -2.42. The minimum Gasteiger partial charge on any atom is -0.361 e. The summed E-state index contributed by atoms with van der Waals surface area (Å²) in [5, 5.41) is 0.